The second kappa shape index (κ2) is 7.92. The number of hydrogen-bond acceptors (Lipinski definition) is 4. The predicted molar refractivity (Wildman–Crippen MR) is 75.7 cm³/mol. The van der Waals surface area contributed by atoms with Crippen LogP contribution in [-0.4, -0.2) is 51.1 Å². The van der Waals surface area contributed by atoms with Crippen molar-refractivity contribution >= 4 is 5.78 Å². The quantitative estimate of drug-likeness (QED) is 0.718. The van der Waals surface area contributed by atoms with Crippen molar-refractivity contribution in [1.29, 1.82) is 0 Å². The van der Waals surface area contributed by atoms with E-state index in [0.29, 0.717) is 6.54 Å². The second-order valence-electron chi connectivity index (χ2n) is 4.75. The lowest BCUT2D eigenvalue weighted by Gasteiger charge is -2.24. The first-order valence-electron chi connectivity index (χ1n) is 6.41. The van der Waals surface area contributed by atoms with E-state index in [-0.39, 0.29) is 18.4 Å². The van der Waals surface area contributed by atoms with E-state index in [0.717, 1.165) is 17.7 Å². The van der Waals surface area contributed by atoms with Gasteiger partial charge < -0.3 is 9.47 Å². The third kappa shape index (κ3) is 5.01. The third-order valence-electron chi connectivity index (χ3n) is 3.19. The molecule has 19 heavy (non-hydrogen) atoms. The Morgan fingerprint density at radius 1 is 1.32 bits per heavy atom. The van der Waals surface area contributed by atoms with Crippen molar-refractivity contribution in [2.45, 2.75) is 19.4 Å². The topological polar surface area (TPSA) is 38.8 Å². The van der Waals surface area contributed by atoms with Crippen molar-refractivity contribution < 1.29 is 14.3 Å². The van der Waals surface area contributed by atoms with Crippen molar-refractivity contribution in [3.63, 3.8) is 0 Å². The van der Waals surface area contributed by atoms with Crippen LogP contribution in [0.1, 0.15) is 12.5 Å². The van der Waals surface area contributed by atoms with Gasteiger partial charge in [-0.1, -0.05) is 18.2 Å². The molecule has 1 rings (SSSR count). The monoisotopic (exact) mass is 265 g/mol. The largest absolute Gasteiger partial charge is 0.496 e. The lowest BCUT2D eigenvalue weighted by molar-refractivity contribution is -0.123. The zero-order chi connectivity index (χ0) is 14.3. The van der Waals surface area contributed by atoms with Gasteiger partial charge in [-0.3, -0.25) is 9.69 Å². The van der Waals surface area contributed by atoms with Crippen LogP contribution in [0.2, 0.25) is 0 Å². The van der Waals surface area contributed by atoms with Gasteiger partial charge in [-0.25, -0.2) is 0 Å². The Morgan fingerprint density at radius 3 is 2.63 bits per heavy atom. The van der Waals surface area contributed by atoms with Gasteiger partial charge in [-0.15, -0.1) is 0 Å². The van der Waals surface area contributed by atoms with E-state index < -0.39 is 0 Å². The van der Waals surface area contributed by atoms with E-state index in [1.54, 1.807) is 7.11 Å². The third-order valence-corrected chi connectivity index (χ3v) is 3.19. The normalized spacial score (nSPS) is 12.5. The van der Waals surface area contributed by atoms with Gasteiger partial charge in [0.05, 0.1) is 13.7 Å². The number of para-hydroxylation sites is 1. The highest BCUT2D eigenvalue weighted by Gasteiger charge is 2.15. The maximum Gasteiger partial charge on any atom is 0.172 e. The summed E-state index contributed by atoms with van der Waals surface area (Å²) in [5, 5.41) is 0. The molecular weight excluding hydrogens is 242 g/mol. The summed E-state index contributed by atoms with van der Waals surface area (Å²) in [6, 6.07) is 8.23. The van der Waals surface area contributed by atoms with Crippen molar-refractivity contribution in [3.8, 4) is 5.75 Å². The summed E-state index contributed by atoms with van der Waals surface area (Å²) in [5.41, 5.74) is 1.16. The highest BCUT2D eigenvalue weighted by atomic mass is 16.5. The van der Waals surface area contributed by atoms with Gasteiger partial charge in [0.25, 0.3) is 0 Å². The standard InChI is InChI=1S/C15H23NO3/c1-12(16(2)10-14(17)11-18-3)9-13-7-5-6-8-15(13)19-4/h5-8,12H,9-11H2,1-4H3. The first kappa shape index (κ1) is 15.7. The molecular formula is C15H23NO3. The molecule has 0 bridgehead atoms. The molecule has 0 saturated heterocycles. The minimum absolute atomic E-state index is 0.0943. The van der Waals surface area contributed by atoms with Crippen LogP contribution in [0.25, 0.3) is 0 Å². The average molecular weight is 265 g/mol. The molecule has 0 aromatic heterocycles. The van der Waals surface area contributed by atoms with Gasteiger partial charge in [0.1, 0.15) is 12.4 Å². The molecule has 0 N–H and O–H groups in total. The van der Waals surface area contributed by atoms with E-state index in [2.05, 4.69) is 13.0 Å². The van der Waals surface area contributed by atoms with Crippen LogP contribution in [0.4, 0.5) is 0 Å². The fourth-order valence-electron chi connectivity index (χ4n) is 1.99. The molecule has 0 heterocycles. The maximum absolute atomic E-state index is 11.5. The number of nitrogens with zero attached hydrogens (tertiary/aromatic N) is 1. The lowest BCUT2D eigenvalue weighted by atomic mass is 10.0. The number of benzene rings is 1. The molecule has 4 heteroatoms. The summed E-state index contributed by atoms with van der Waals surface area (Å²) in [7, 11) is 5.17. The number of likely N-dealkylation sites (N-methyl/N-ethyl adjacent to an activating group) is 1. The highest BCUT2D eigenvalue weighted by molar-refractivity contribution is 5.81. The predicted octanol–water partition coefficient (Wildman–Crippen LogP) is 1.77. The number of rotatable bonds is 8. The van der Waals surface area contributed by atoms with Crippen LogP contribution >= 0.6 is 0 Å². The highest BCUT2D eigenvalue weighted by Crippen LogP contribution is 2.20. The first-order valence-corrected chi connectivity index (χ1v) is 6.41. The second-order valence-corrected chi connectivity index (χ2v) is 4.75. The fourth-order valence-corrected chi connectivity index (χ4v) is 1.99. The smallest absolute Gasteiger partial charge is 0.172 e. The van der Waals surface area contributed by atoms with Crippen molar-refractivity contribution in [2.75, 3.05) is 34.4 Å². The first-order chi connectivity index (χ1) is 9.08. The summed E-state index contributed by atoms with van der Waals surface area (Å²) >= 11 is 0. The number of hydrogen-bond donors (Lipinski definition) is 0. The van der Waals surface area contributed by atoms with Crippen LogP contribution in [0.5, 0.6) is 5.75 Å². The maximum atomic E-state index is 11.5. The molecule has 1 atom stereocenters. The summed E-state index contributed by atoms with van der Waals surface area (Å²) in [5.74, 6) is 0.989. The van der Waals surface area contributed by atoms with E-state index in [1.165, 1.54) is 7.11 Å². The number of ether oxygens (including phenoxy) is 2. The molecule has 4 nitrogen and oxygen atoms in total. The number of ketones is 1. The molecule has 0 amide bonds. The molecule has 0 spiro atoms. The Hall–Kier alpha value is -1.39. The van der Waals surface area contributed by atoms with Gasteiger partial charge >= 0.3 is 0 Å². The molecule has 1 aromatic rings. The molecule has 0 radical (unpaired) electrons. The minimum atomic E-state index is 0.0943. The van der Waals surface area contributed by atoms with E-state index in [9.17, 15) is 4.79 Å². The Labute approximate surface area is 115 Å². The fraction of sp³-hybridized carbons (Fsp3) is 0.533. The lowest BCUT2D eigenvalue weighted by Crippen LogP contribution is -2.36. The number of carbonyl (C=O) groups is 1. The summed E-state index contributed by atoms with van der Waals surface area (Å²) in [6.45, 7) is 2.68. The van der Waals surface area contributed by atoms with E-state index >= 15 is 0 Å². The molecule has 1 unspecified atom stereocenters. The van der Waals surface area contributed by atoms with Crippen LogP contribution in [-0.2, 0) is 16.0 Å². The van der Waals surface area contributed by atoms with Crippen molar-refractivity contribution in [3.05, 3.63) is 29.8 Å². The molecule has 1 aromatic carbocycles. The Morgan fingerprint density at radius 2 is 2.00 bits per heavy atom. The SMILES string of the molecule is COCC(=O)CN(C)C(C)Cc1ccccc1OC. The van der Waals surface area contributed by atoms with Gasteiger partial charge in [-0.05, 0) is 32.0 Å². The van der Waals surface area contributed by atoms with Crippen LogP contribution in [0, 0.1) is 0 Å². The van der Waals surface area contributed by atoms with E-state index in [1.807, 2.05) is 30.1 Å². The number of Topliss-reactive ketones (excluding diaryl/α,β-unsaturated/α-hetero) is 1. The molecule has 0 aliphatic rings. The van der Waals surface area contributed by atoms with Gasteiger partial charge in [0, 0.05) is 13.2 Å². The molecule has 0 aliphatic heterocycles. The molecule has 106 valence electrons. The van der Waals surface area contributed by atoms with Crippen molar-refractivity contribution in [1.82, 2.24) is 4.90 Å². The van der Waals surface area contributed by atoms with Crippen molar-refractivity contribution in [2.24, 2.45) is 0 Å². The Kier molecular flexibility index (Phi) is 6.53. The van der Waals surface area contributed by atoms with Crippen LogP contribution in [0.15, 0.2) is 24.3 Å². The van der Waals surface area contributed by atoms with Gasteiger partial charge in [0.15, 0.2) is 5.78 Å². The zero-order valence-electron chi connectivity index (χ0n) is 12.2. The van der Waals surface area contributed by atoms with Crippen LogP contribution < -0.4 is 4.74 Å². The number of carbonyl (C=O) groups excluding carboxylic acids is 1. The summed E-state index contributed by atoms with van der Waals surface area (Å²) in [4.78, 5) is 13.6. The zero-order valence-corrected chi connectivity index (χ0v) is 12.2. The van der Waals surface area contributed by atoms with E-state index in [4.69, 9.17) is 9.47 Å². The summed E-state index contributed by atoms with van der Waals surface area (Å²) < 4.78 is 10.2. The Bertz CT molecular complexity index is 406. The number of methoxy groups -OCH3 is 2. The average Bonchev–Trinajstić information content (AvgIpc) is 2.39. The van der Waals surface area contributed by atoms with Crippen LogP contribution in [0.3, 0.4) is 0 Å². The molecule has 0 saturated carbocycles. The minimum Gasteiger partial charge on any atom is -0.496 e. The van der Waals surface area contributed by atoms with Gasteiger partial charge in [0.2, 0.25) is 0 Å². The molecule has 0 aliphatic carbocycles. The van der Waals surface area contributed by atoms with Gasteiger partial charge in [-0.2, -0.15) is 0 Å². The molecule has 0 fully saturated rings. The summed E-state index contributed by atoms with van der Waals surface area (Å²) in [6.07, 6.45) is 0.848. The Balaban J connectivity index is 2.58.